The first-order valence-corrected chi connectivity index (χ1v) is 7.74. The van der Waals surface area contributed by atoms with Crippen LogP contribution in [0.15, 0.2) is 22.6 Å². The molecule has 0 amide bonds. The van der Waals surface area contributed by atoms with Crippen molar-refractivity contribution in [3.05, 3.63) is 40.0 Å². The van der Waals surface area contributed by atoms with E-state index in [-0.39, 0.29) is 12.1 Å². The molecule has 0 bridgehead atoms. The van der Waals surface area contributed by atoms with Gasteiger partial charge in [-0.1, -0.05) is 23.2 Å². The molecule has 2 aromatic rings. The molecule has 0 spiro atoms. The molecule has 120 valence electrons. The maximum absolute atomic E-state index is 5.99. The predicted octanol–water partition coefficient (Wildman–Crippen LogP) is 4.15. The van der Waals surface area contributed by atoms with E-state index in [0.717, 1.165) is 0 Å². The molecule has 7 heteroatoms. The molecule has 22 heavy (non-hydrogen) atoms. The molecule has 0 radical (unpaired) electrons. The third-order valence-electron chi connectivity index (χ3n) is 3.33. The lowest BCUT2D eigenvalue weighted by Gasteiger charge is -2.25. The van der Waals surface area contributed by atoms with Crippen molar-refractivity contribution >= 4 is 23.2 Å². The van der Waals surface area contributed by atoms with E-state index in [1.165, 1.54) is 0 Å². The smallest absolute Gasteiger partial charge is 0.233 e. The molecule has 2 rings (SSSR count). The molecule has 2 atom stereocenters. The summed E-state index contributed by atoms with van der Waals surface area (Å²) in [5, 5.41) is 8.90. The monoisotopic (exact) mass is 343 g/mol. The van der Waals surface area contributed by atoms with Crippen LogP contribution in [0.1, 0.15) is 31.7 Å². The van der Waals surface area contributed by atoms with Crippen molar-refractivity contribution in [2.75, 3.05) is 13.6 Å². The summed E-state index contributed by atoms with van der Waals surface area (Å²) in [6, 6.07) is 5.25. The number of hydrogen-bond acceptors (Lipinski definition) is 5. The molecule has 1 heterocycles. The third-order valence-corrected chi connectivity index (χ3v) is 4.07. The SMILES string of the molecule is Cc1nnc(C(C)N(C)CC(C)Oc2ccc(Cl)c(Cl)c2)o1. The van der Waals surface area contributed by atoms with Crippen LogP contribution in [0, 0.1) is 6.92 Å². The first-order chi connectivity index (χ1) is 10.4. The first kappa shape index (κ1) is 17.1. The first-order valence-electron chi connectivity index (χ1n) is 6.98. The van der Waals surface area contributed by atoms with Crippen LogP contribution in [0.5, 0.6) is 5.75 Å². The molecular weight excluding hydrogens is 325 g/mol. The van der Waals surface area contributed by atoms with Crippen molar-refractivity contribution in [2.24, 2.45) is 0 Å². The fourth-order valence-corrected chi connectivity index (χ4v) is 2.34. The normalized spacial score (nSPS) is 14.1. The third kappa shape index (κ3) is 4.35. The fourth-order valence-electron chi connectivity index (χ4n) is 2.05. The number of ether oxygens (including phenoxy) is 1. The van der Waals surface area contributed by atoms with Gasteiger partial charge in [0.1, 0.15) is 11.9 Å². The zero-order chi connectivity index (χ0) is 16.3. The number of aryl methyl sites for hydroxylation is 1. The van der Waals surface area contributed by atoms with Crippen molar-refractivity contribution in [1.82, 2.24) is 15.1 Å². The molecule has 0 aliphatic heterocycles. The van der Waals surface area contributed by atoms with Crippen molar-refractivity contribution in [1.29, 1.82) is 0 Å². The van der Waals surface area contributed by atoms with E-state index in [1.807, 2.05) is 20.9 Å². The Kier molecular flexibility index (Phi) is 5.67. The summed E-state index contributed by atoms with van der Waals surface area (Å²) in [5.41, 5.74) is 0. The van der Waals surface area contributed by atoms with Crippen molar-refractivity contribution in [2.45, 2.75) is 32.9 Å². The van der Waals surface area contributed by atoms with E-state index in [4.69, 9.17) is 32.4 Å². The van der Waals surface area contributed by atoms with Crippen LogP contribution in [-0.2, 0) is 0 Å². The zero-order valence-electron chi connectivity index (χ0n) is 13.0. The Balaban J connectivity index is 1.93. The van der Waals surface area contributed by atoms with Gasteiger partial charge in [0.05, 0.1) is 16.1 Å². The van der Waals surface area contributed by atoms with Gasteiger partial charge in [-0.25, -0.2) is 0 Å². The van der Waals surface area contributed by atoms with E-state index in [9.17, 15) is 0 Å². The summed E-state index contributed by atoms with van der Waals surface area (Å²) in [7, 11) is 1.99. The molecule has 0 saturated carbocycles. The van der Waals surface area contributed by atoms with Gasteiger partial charge >= 0.3 is 0 Å². The number of likely N-dealkylation sites (N-methyl/N-ethyl adjacent to an activating group) is 1. The minimum atomic E-state index is -0.0336. The quantitative estimate of drug-likeness (QED) is 0.788. The molecular formula is C15H19Cl2N3O2. The average Bonchev–Trinajstić information content (AvgIpc) is 2.88. The Hall–Kier alpha value is -1.30. The van der Waals surface area contributed by atoms with E-state index < -0.39 is 0 Å². The number of aromatic nitrogens is 2. The topological polar surface area (TPSA) is 51.4 Å². The van der Waals surface area contributed by atoms with Gasteiger partial charge in [0.15, 0.2) is 0 Å². The number of rotatable bonds is 6. The van der Waals surface area contributed by atoms with Crippen LogP contribution in [-0.4, -0.2) is 34.8 Å². The van der Waals surface area contributed by atoms with Crippen molar-refractivity contribution in [3.63, 3.8) is 0 Å². The van der Waals surface area contributed by atoms with E-state index >= 15 is 0 Å². The molecule has 0 fully saturated rings. The highest BCUT2D eigenvalue weighted by molar-refractivity contribution is 6.42. The van der Waals surface area contributed by atoms with Gasteiger partial charge in [0, 0.05) is 19.5 Å². The second kappa shape index (κ2) is 7.31. The van der Waals surface area contributed by atoms with Gasteiger partial charge in [0.2, 0.25) is 11.8 Å². The van der Waals surface area contributed by atoms with Gasteiger partial charge in [0.25, 0.3) is 0 Å². The lowest BCUT2D eigenvalue weighted by Crippen LogP contribution is -2.33. The van der Waals surface area contributed by atoms with Gasteiger partial charge in [-0.15, -0.1) is 10.2 Å². The van der Waals surface area contributed by atoms with Crippen LogP contribution < -0.4 is 4.74 Å². The Morgan fingerprint density at radius 2 is 1.95 bits per heavy atom. The average molecular weight is 344 g/mol. The molecule has 0 aliphatic rings. The molecule has 0 aliphatic carbocycles. The van der Waals surface area contributed by atoms with Crippen LogP contribution in [0.3, 0.4) is 0 Å². The van der Waals surface area contributed by atoms with E-state index in [2.05, 4.69) is 15.1 Å². The van der Waals surface area contributed by atoms with E-state index in [0.29, 0.717) is 34.1 Å². The van der Waals surface area contributed by atoms with Crippen LogP contribution in [0.2, 0.25) is 10.0 Å². The number of hydrogen-bond donors (Lipinski definition) is 0. The highest BCUT2D eigenvalue weighted by Gasteiger charge is 2.20. The Morgan fingerprint density at radius 3 is 2.55 bits per heavy atom. The fraction of sp³-hybridized carbons (Fsp3) is 0.467. The lowest BCUT2D eigenvalue weighted by molar-refractivity contribution is 0.129. The second-order valence-corrected chi connectivity index (χ2v) is 6.09. The van der Waals surface area contributed by atoms with Gasteiger partial charge in [-0.05, 0) is 33.0 Å². The number of halogens is 2. The summed E-state index contributed by atoms with van der Waals surface area (Å²) in [6.45, 7) is 6.48. The summed E-state index contributed by atoms with van der Waals surface area (Å²) >= 11 is 11.9. The highest BCUT2D eigenvalue weighted by Crippen LogP contribution is 2.27. The maximum Gasteiger partial charge on any atom is 0.233 e. The number of benzene rings is 1. The molecule has 1 aromatic heterocycles. The Labute approximate surface area is 140 Å². The number of nitrogens with zero attached hydrogens (tertiary/aromatic N) is 3. The largest absolute Gasteiger partial charge is 0.489 e. The summed E-state index contributed by atoms with van der Waals surface area (Å²) < 4.78 is 11.3. The highest BCUT2D eigenvalue weighted by atomic mass is 35.5. The molecule has 2 unspecified atom stereocenters. The summed E-state index contributed by atoms with van der Waals surface area (Å²) in [6.07, 6.45) is -0.0336. The van der Waals surface area contributed by atoms with Crippen molar-refractivity contribution in [3.8, 4) is 5.75 Å². The van der Waals surface area contributed by atoms with Crippen LogP contribution in [0.4, 0.5) is 0 Å². The van der Waals surface area contributed by atoms with Gasteiger partial charge < -0.3 is 9.15 Å². The molecule has 0 N–H and O–H groups in total. The Morgan fingerprint density at radius 1 is 1.23 bits per heavy atom. The van der Waals surface area contributed by atoms with Gasteiger partial charge in [-0.3, -0.25) is 4.90 Å². The standard InChI is InChI=1S/C15H19Cl2N3O2/c1-9(21-12-5-6-13(16)14(17)7-12)8-20(4)10(2)15-19-18-11(3)22-15/h5-7,9-10H,8H2,1-4H3. The van der Waals surface area contributed by atoms with Crippen LogP contribution in [0.25, 0.3) is 0 Å². The molecule has 5 nitrogen and oxygen atoms in total. The van der Waals surface area contributed by atoms with E-state index in [1.54, 1.807) is 25.1 Å². The molecule has 0 saturated heterocycles. The summed E-state index contributed by atoms with van der Waals surface area (Å²) in [5.74, 6) is 1.86. The minimum Gasteiger partial charge on any atom is -0.489 e. The predicted molar refractivity (Wildman–Crippen MR) is 86.6 cm³/mol. The second-order valence-electron chi connectivity index (χ2n) is 5.28. The Bertz CT molecular complexity index is 633. The minimum absolute atomic E-state index is 0.0149. The maximum atomic E-state index is 5.99. The molecule has 1 aromatic carbocycles. The summed E-state index contributed by atoms with van der Waals surface area (Å²) in [4.78, 5) is 2.09. The van der Waals surface area contributed by atoms with Crippen LogP contribution >= 0.6 is 23.2 Å². The zero-order valence-corrected chi connectivity index (χ0v) is 14.5. The van der Waals surface area contributed by atoms with Gasteiger partial charge in [-0.2, -0.15) is 0 Å². The van der Waals surface area contributed by atoms with Crippen molar-refractivity contribution < 1.29 is 9.15 Å². The lowest BCUT2D eigenvalue weighted by atomic mass is 10.2.